The first-order valence-corrected chi connectivity index (χ1v) is 9.18. The number of hydrogen-bond donors (Lipinski definition) is 1. The lowest BCUT2D eigenvalue weighted by Crippen LogP contribution is -1.89. The van der Waals surface area contributed by atoms with Crippen LogP contribution in [0.1, 0.15) is 18.1 Å². The molecule has 0 aliphatic rings. The van der Waals surface area contributed by atoms with Crippen LogP contribution in [0.2, 0.25) is 5.02 Å². The Labute approximate surface area is 159 Å². The topological polar surface area (TPSA) is 80.5 Å². The van der Waals surface area contributed by atoms with E-state index in [1.807, 2.05) is 61.5 Å². The zero-order chi connectivity index (χ0) is 17.9. The molecule has 2 aromatic carbocycles. The van der Waals surface area contributed by atoms with Gasteiger partial charge in [-0.05, 0) is 43.3 Å². The summed E-state index contributed by atoms with van der Waals surface area (Å²) in [6.07, 6.45) is 0. The van der Waals surface area contributed by atoms with Gasteiger partial charge in [0.25, 0.3) is 0 Å². The minimum absolute atomic E-state index is 0.0752. The van der Waals surface area contributed by atoms with Gasteiger partial charge in [-0.1, -0.05) is 41.6 Å². The first-order valence-electron chi connectivity index (χ1n) is 7.93. The van der Waals surface area contributed by atoms with Crippen LogP contribution in [0.25, 0.3) is 22.8 Å². The summed E-state index contributed by atoms with van der Waals surface area (Å²) in [6.45, 7) is 1.98. The van der Waals surface area contributed by atoms with E-state index < -0.39 is 0 Å². The Morgan fingerprint density at radius 1 is 1.00 bits per heavy atom. The third kappa shape index (κ3) is 3.63. The Bertz CT molecular complexity index is 1000. The van der Waals surface area contributed by atoms with Crippen molar-refractivity contribution in [3.8, 4) is 22.8 Å². The molecule has 0 saturated carbocycles. The molecule has 0 bridgehead atoms. The minimum atomic E-state index is -0.0752. The number of aromatic amines is 1. The molecule has 0 saturated heterocycles. The molecule has 6 nitrogen and oxygen atoms in total. The number of nitrogens with one attached hydrogen (secondary N) is 1. The van der Waals surface area contributed by atoms with E-state index in [2.05, 4.69) is 25.4 Å². The van der Waals surface area contributed by atoms with Crippen molar-refractivity contribution in [3.05, 3.63) is 65.5 Å². The van der Waals surface area contributed by atoms with E-state index in [1.165, 1.54) is 11.8 Å². The van der Waals surface area contributed by atoms with Crippen molar-refractivity contribution in [1.29, 1.82) is 0 Å². The van der Waals surface area contributed by atoms with Gasteiger partial charge in [0.15, 0.2) is 5.82 Å². The fourth-order valence-electron chi connectivity index (χ4n) is 2.34. The summed E-state index contributed by atoms with van der Waals surface area (Å²) in [7, 11) is 0. The van der Waals surface area contributed by atoms with Crippen LogP contribution < -0.4 is 0 Å². The van der Waals surface area contributed by atoms with Crippen molar-refractivity contribution in [2.24, 2.45) is 0 Å². The van der Waals surface area contributed by atoms with Crippen LogP contribution in [0.5, 0.6) is 0 Å². The first kappa shape index (κ1) is 16.8. The molecule has 1 N–H and O–H groups in total. The lowest BCUT2D eigenvalue weighted by Gasteiger charge is -2.02. The molecule has 8 heteroatoms. The van der Waals surface area contributed by atoms with Gasteiger partial charge in [-0.15, -0.1) is 15.3 Å². The molecule has 0 spiro atoms. The van der Waals surface area contributed by atoms with E-state index in [0.29, 0.717) is 27.8 Å². The Balaban J connectivity index is 1.48. The van der Waals surface area contributed by atoms with Gasteiger partial charge in [0, 0.05) is 16.1 Å². The molecule has 0 aliphatic heterocycles. The van der Waals surface area contributed by atoms with Gasteiger partial charge in [-0.2, -0.15) is 0 Å². The predicted molar refractivity (Wildman–Crippen MR) is 101 cm³/mol. The number of benzene rings is 2. The quantitative estimate of drug-likeness (QED) is 0.487. The molecular weight excluding hydrogens is 370 g/mol. The van der Waals surface area contributed by atoms with E-state index in [1.54, 1.807) is 0 Å². The van der Waals surface area contributed by atoms with Gasteiger partial charge >= 0.3 is 0 Å². The highest BCUT2D eigenvalue weighted by molar-refractivity contribution is 7.99. The monoisotopic (exact) mass is 383 g/mol. The molecule has 26 heavy (non-hydrogen) atoms. The molecule has 2 aromatic heterocycles. The van der Waals surface area contributed by atoms with Crippen molar-refractivity contribution in [2.45, 2.75) is 17.3 Å². The smallest absolute Gasteiger partial charge is 0.247 e. The van der Waals surface area contributed by atoms with Crippen molar-refractivity contribution < 1.29 is 4.42 Å². The van der Waals surface area contributed by atoms with Crippen LogP contribution in [0.3, 0.4) is 0 Å². The van der Waals surface area contributed by atoms with E-state index in [-0.39, 0.29) is 5.25 Å². The molecule has 130 valence electrons. The number of thioether (sulfide) groups is 1. The highest BCUT2D eigenvalue weighted by atomic mass is 35.5. The highest BCUT2D eigenvalue weighted by Crippen LogP contribution is 2.34. The Morgan fingerprint density at radius 2 is 1.77 bits per heavy atom. The summed E-state index contributed by atoms with van der Waals surface area (Å²) >= 11 is 7.36. The summed E-state index contributed by atoms with van der Waals surface area (Å²) in [5.41, 5.74) is 1.82. The SMILES string of the molecule is CC(Sc1n[nH]c(-c2ccc(Cl)cc2)n1)c1nnc(-c2ccccc2)o1. The average Bonchev–Trinajstić information content (AvgIpc) is 3.33. The number of hydrogen-bond acceptors (Lipinski definition) is 6. The lowest BCUT2D eigenvalue weighted by atomic mass is 10.2. The third-order valence-corrected chi connectivity index (χ3v) is 4.87. The maximum absolute atomic E-state index is 5.91. The number of H-pyrrole nitrogens is 1. The fraction of sp³-hybridized carbons (Fsp3) is 0.111. The van der Waals surface area contributed by atoms with Crippen LogP contribution in [-0.4, -0.2) is 25.4 Å². The number of rotatable bonds is 5. The molecule has 4 aromatic rings. The van der Waals surface area contributed by atoms with Gasteiger partial charge in [0.2, 0.25) is 16.9 Å². The summed E-state index contributed by atoms with van der Waals surface area (Å²) in [5, 5.41) is 16.7. The summed E-state index contributed by atoms with van der Waals surface area (Å²) < 4.78 is 5.78. The average molecular weight is 384 g/mol. The molecule has 1 unspecified atom stereocenters. The molecular formula is C18H14ClN5OS. The maximum Gasteiger partial charge on any atom is 0.247 e. The molecule has 2 heterocycles. The van der Waals surface area contributed by atoms with Crippen LogP contribution in [0.4, 0.5) is 0 Å². The largest absolute Gasteiger partial charge is 0.419 e. The Hall–Kier alpha value is -2.64. The maximum atomic E-state index is 5.91. The Morgan fingerprint density at radius 3 is 2.54 bits per heavy atom. The van der Waals surface area contributed by atoms with Crippen LogP contribution >= 0.6 is 23.4 Å². The van der Waals surface area contributed by atoms with E-state index in [0.717, 1.165) is 11.1 Å². The van der Waals surface area contributed by atoms with Crippen LogP contribution in [0.15, 0.2) is 64.2 Å². The van der Waals surface area contributed by atoms with E-state index in [9.17, 15) is 0 Å². The van der Waals surface area contributed by atoms with Crippen LogP contribution in [-0.2, 0) is 0 Å². The summed E-state index contributed by atoms with van der Waals surface area (Å²) in [4.78, 5) is 4.50. The summed E-state index contributed by atoms with van der Waals surface area (Å²) in [6, 6.07) is 17.1. The molecule has 0 aliphatic carbocycles. The molecule has 4 rings (SSSR count). The number of aromatic nitrogens is 5. The van der Waals surface area contributed by atoms with Gasteiger partial charge in [-0.25, -0.2) is 4.98 Å². The second-order valence-corrected chi connectivity index (χ2v) is 7.29. The molecule has 1 atom stereocenters. The highest BCUT2D eigenvalue weighted by Gasteiger charge is 2.18. The van der Waals surface area contributed by atoms with Crippen molar-refractivity contribution in [2.75, 3.05) is 0 Å². The summed E-state index contributed by atoms with van der Waals surface area (Å²) in [5.74, 6) is 1.73. The van der Waals surface area contributed by atoms with Gasteiger partial charge in [0.05, 0.1) is 5.25 Å². The Kier molecular flexibility index (Phi) is 4.73. The predicted octanol–water partition coefficient (Wildman–Crippen LogP) is 5.03. The van der Waals surface area contributed by atoms with Gasteiger partial charge < -0.3 is 4.42 Å². The molecule has 0 fully saturated rings. The van der Waals surface area contributed by atoms with E-state index in [4.69, 9.17) is 16.0 Å². The van der Waals surface area contributed by atoms with Crippen molar-refractivity contribution in [3.63, 3.8) is 0 Å². The lowest BCUT2D eigenvalue weighted by molar-refractivity contribution is 0.509. The van der Waals surface area contributed by atoms with Gasteiger partial charge in [-0.3, -0.25) is 5.10 Å². The molecule has 0 amide bonds. The molecule has 0 radical (unpaired) electrons. The van der Waals surface area contributed by atoms with Crippen molar-refractivity contribution in [1.82, 2.24) is 25.4 Å². The van der Waals surface area contributed by atoms with Crippen LogP contribution in [0, 0.1) is 0 Å². The van der Waals surface area contributed by atoms with E-state index >= 15 is 0 Å². The number of nitrogens with zero attached hydrogens (tertiary/aromatic N) is 4. The first-order chi connectivity index (χ1) is 12.7. The van der Waals surface area contributed by atoms with Gasteiger partial charge in [0.1, 0.15) is 0 Å². The zero-order valence-electron chi connectivity index (χ0n) is 13.8. The number of halogens is 1. The second kappa shape index (κ2) is 7.31. The third-order valence-electron chi connectivity index (χ3n) is 3.67. The fourth-order valence-corrected chi connectivity index (χ4v) is 3.22. The zero-order valence-corrected chi connectivity index (χ0v) is 15.3. The second-order valence-electron chi connectivity index (χ2n) is 5.55. The normalized spacial score (nSPS) is 12.2. The standard InChI is InChI=1S/C18H14ClN5OS/c1-11(16-22-23-17(25-16)13-5-3-2-4-6-13)26-18-20-15(21-24-18)12-7-9-14(19)10-8-12/h2-11H,1H3,(H,20,21,24). The van der Waals surface area contributed by atoms with Crippen molar-refractivity contribution >= 4 is 23.4 Å². The minimum Gasteiger partial charge on any atom is -0.419 e.